The number of fused-ring (bicyclic) bond motifs is 1. The fourth-order valence-corrected chi connectivity index (χ4v) is 4.10. The summed E-state index contributed by atoms with van der Waals surface area (Å²) >= 11 is 1.68. The Hall–Kier alpha value is -1.77. The SMILES string of the molecule is Cc1nc(CN2CCO[C@H]3CN(C(=O)c4cn(C)cn4)C[C@@H]32)cs1. The van der Waals surface area contributed by atoms with Crippen molar-refractivity contribution in [2.75, 3.05) is 26.2 Å². The second-order valence-corrected chi connectivity index (χ2v) is 7.50. The first kappa shape index (κ1) is 15.7. The maximum Gasteiger partial charge on any atom is 0.274 e. The molecule has 0 radical (unpaired) electrons. The molecular formula is C16H21N5O2S. The summed E-state index contributed by atoms with van der Waals surface area (Å²) in [6.07, 6.45) is 3.50. The van der Waals surface area contributed by atoms with Gasteiger partial charge in [-0.1, -0.05) is 0 Å². The van der Waals surface area contributed by atoms with Crippen LogP contribution in [-0.4, -0.2) is 68.6 Å². The van der Waals surface area contributed by atoms with Gasteiger partial charge in [0.05, 0.1) is 35.8 Å². The Kier molecular flexibility index (Phi) is 4.11. The summed E-state index contributed by atoms with van der Waals surface area (Å²) in [6, 6.07) is 0.230. The van der Waals surface area contributed by atoms with Gasteiger partial charge in [0.1, 0.15) is 5.69 Å². The van der Waals surface area contributed by atoms with E-state index in [2.05, 4.69) is 20.2 Å². The van der Waals surface area contributed by atoms with E-state index >= 15 is 0 Å². The number of morpholine rings is 1. The molecule has 0 N–H and O–H groups in total. The van der Waals surface area contributed by atoms with Gasteiger partial charge in [0, 0.05) is 44.8 Å². The summed E-state index contributed by atoms with van der Waals surface area (Å²) in [6.45, 7) is 5.74. The van der Waals surface area contributed by atoms with Crippen molar-refractivity contribution in [3.8, 4) is 0 Å². The van der Waals surface area contributed by atoms with Crippen LogP contribution in [0.1, 0.15) is 21.2 Å². The van der Waals surface area contributed by atoms with E-state index in [9.17, 15) is 4.79 Å². The van der Waals surface area contributed by atoms with Gasteiger partial charge in [-0.15, -0.1) is 11.3 Å². The molecule has 4 rings (SSSR count). The van der Waals surface area contributed by atoms with Crippen LogP contribution in [0.4, 0.5) is 0 Å². The van der Waals surface area contributed by atoms with Gasteiger partial charge < -0.3 is 14.2 Å². The zero-order valence-corrected chi connectivity index (χ0v) is 14.7. The summed E-state index contributed by atoms with van der Waals surface area (Å²) in [5.41, 5.74) is 1.60. The predicted octanol–water partition coefficient (Wildman–Crippen LogP) is 0.910. The summed E-state index contributed by atoms with van der Waals surface area (Å²) < 4.78 is 7.71. The van der Waals surface area contributed by atoms with Crippen molar-refractivity contribution in [3.63, 3.8) is 0 Å². The van der Waals surface area contributed by atoms with Crippen LogP contribution >= 0.6 is 11.3 Å². The van der Waals surface area contributed by atoms with E-state index in [1.807, 2.05) is 18.9 Å². The lowest BCUT2D eigenvalue weighted by Crippen LogP contribution is -2.50. The van der Waals surface area contributed by atoms with Crippen LogP contribution in [0.2, 0.25) is 0 Å². The van der Waals surface area contributed by atoms with Crippen LogP contribution in [0.5, 0.6) is 0 Å². The molecule has 0 aromatic carbocycles. The molecule has 8 heteroatoms. The maximum atomic E-state index is 12.6. The van der Waals surface area contributed by atoms with Crippen molar-refractivity contribution in [2.45, 2.75) is 25.6 Å². The molecule has 2 atom stereocenters. The second kappa shape index (κ2) is 6.27. The molecule has 24 heavy (non-hydrogen) atoms. The van der Waals surface area contributed by atoms with Crippen molar-refractivity contribution in [1.29, 1.82) is 0 Å². The molecule has 2 aliphatic rings. The Labute approximate surface area is 144 Å². The number of rotatable bonds is 3. The Bertz CT molecular complexity index is 742. The number of hydrogen-bond acceptors (Lipinski definition) is 6. The minimum atomic E-state index is -0.0157. The zero-order valence-electron chi connectivity index (χ0n) is 13.9. The van der Waals surface area contributed by atoms with Crippen LogP contribution in [0, 0.1) is 6.92 Å². The number of amides is 1. The standard InChI is InChI=1S/C16H21N5O2S/c1-11-18-12(9-24-11)5-20-3-4-23-15-8-21(7-14(15)20)16(22)13-6-19(2)10-17-13/h6,9-10,14-15H,3-5,7-8H2,1-2H3/t14-,15-/m0/s1. The number of likely N-dealkylation sites (tertiary alicyclic amines) is 1. The fourth-order valence-electron chi connectivity index (χ4n) is 3.49. The van der Waals surface area contributed by atoms with Gasteiger partial charge in [-0.2, -0.15) is 0 Å². The van der Waals surface area contributed by atoms with E-state index in [4.69, 9.17) is 4.74 Å². The summed E-state index contributed by atoms with van der Waals surface area (Å²) in [5, 5.41) is 3.21. The van der Waals surface area contributed by atoms with E-state index in [-0.39, 0.29) is 18.1 Å². The van der Waals surface area contributed by atoms with Gasteiger partial charge in [-0.05, 0) is 6.92 Å². The van der Waals surface area contributed by atoms with Gasteiger partial charge in [0.25, 0.3) is 5.91 Å². The molecule has 0 spiro atoms. The highest BCUT2D eigenvalue weighted by molar-refractivity contribution is 7.09. The molecule has 1 amide bonds. The van der Waals surface area contributed by atoms with E-state index in [1.54, 1.807) is 28.4 Å². The average molecular weight is 347 g/mol. The number of aryl methyl sites for hydroxylation is 2. The molecule has 0 bridgehead atoms. The maximum absolute atomic E-state index is 12.6. The zero-order chi connectivity index (χ0) is 16.7. The van der Waals surface area contributed by atoms with Crippen LogP contribution in [-0.2, 0) is 18.3 Å². The second-order valence-electron chi connectivity index (χ2n) is 6.44. The molecule has 0 unspecified atom stereocenters. The topological polar surface area (TPSA) is 63.5 Å². The molecule has 2 fully saturated rings. The predicted molar refractivity (Wildman–Crippen MR) is 89.9 cm³/mol. The third kappa shape index (κ3) is 2.97. The summed E-state index contributed by atoms with van der Waals surface area (Å²) in [5.74, 6) is -0.0157. The molecule has 2 saturated heterocycles. The van der Waals surface area contributed by atoms with Crippen LogP contribution in [0.3, 0.4) is 0 Å². The number of thiazole rings is 1. The average Bonchev–Trinajstić information content (AvgIpc) is 3.27. The molecule has 2 aliphatic heterocycles. The fraction of sp³-hybridized carbons (Fsp3) is 0.562. The molecule has 4 heterocycles. The van der Waals surface area contributed by atoms with Crippen LogP contribution in [0.25, 0.3) is 0 Å². The van der Waals surface area contributed by atoms with Gasteiger partial charge >= 0.3 is 0 Å². The smallest absolute Gasteiger partial charge is 0.274 e. The highest BCUT2D eigenvalue weighted by Gasteiger charge is 2.42. The molecule has 7 nitrogen and oxygen atoms in total. The van der Waals surface area contributed by atoms with Crippen molar-refractivity contribution in [3.05, 3.63) is 34.3 Å². The first-order valence-corrected chi connectivity index (χ1v) is 9.02. The van der Waals surface area contributed by atoms with Gasteiger partial charge in [-0.3, -0.25) is 9.69 Å². The normalized spacial score (nSPS) is 24.3. The summed E-state index contributed by atoms with van der Waals surface area (Å²) in [4.78, 5) is 25.6. The Morgan fingerprint density at radius 3 is 3.04 bits per heavy atom. The van der Waals surface area contributed by atoms with Gasteiger partial charge in [0.2, 0.25) is 0 Å². The number of aromatic nitrogens is 3. The lowest BCUT2D eigenvalue weighted by molar-refractivity contribution is -0.0507. The highest BCUT2D eigenvalue weighted by atomic mass is 32.1. The molecule has 2 aromatic rings. The summed E-state index contributed by atoms with van der Waals surface area (Å²) in [7, 11) is 1.87. The highest BCUT2D eigenvalue weighted by Crippen LogP contribution is 2.25. The molecular weight excluding hydrogens is 326 g/mol. The Balaban J connectivity index is 1.46. The molecule has 2 aromatic heterocycles. The van der Waals surface area contributed by atoms with E-state index in [0.717, 1.165) is 23.8 Å². The third-order valence-electron chi connectivity index (χ3n) is 4.66. The minimum absolute atomic E-state index is 0.0157. The van der Waals surface area contributed by atoms with Gasteiger partial charge in [0.15, 0.2) is 0 Å². The number of carbonyl (C=O) groups is 1. The number of ether oxygens (including phenoxy) is 1. The third-order valence-corrected chi connectivity index (χ3v) is 5.48. The first-order chi connectivity index (χ1) is 11.6. The number of hydrogen-bond donors (Lipinski definition) is 0. The quantitative estimate of drug-likeness (QED) is 0.826. The number of nitrogens with zero attached hydrogens (tertiary/aromatic N) is 5. The van der Waals surface area contributed by atoms with E-state index in [1.165, 1.54) is 0 Å². The lowest BCUT2D eigenvalue weighted by Gasteiger charge is -2.36. The number of imidazole rings is 1. The first-order valence-electron chi connectivity index (χ1n) is 8.14. The van der Waals surface area contributed by atoms with Gasteiger partial charge in [-0.25, -0.2) is 9.97 Å². The van der Waals surface area contributed by atoms with Crippen LogP contribution < -0.4 is 0 Å². The van der Waals surface area contributed by atoms with Crippen molar-refractivity contribution in [1.82, 2.24) is 24.3 Å². The largest absolute Gasteiger partial charge is 0.373 e. The minimum Gasteiger partial charge on any atom is -0.373 e. The molecule has 0 aliphatic carbocycles. The Morgan fingerprint density at radius 2 is 2.33 bits per heavy atom. The van der Waals surface area contributed by atoms with Crippen molar-refractivity contribution < 1.29 is 9.53 Å². The molecule has 128 valence electrons. The lowest BCUT2D eigenvalue weighted by atomic mass is 10.1. The van der Waals surface area contributed by atoms with E-state index < -0.39 is 0 Å². The molecule has 0 saturated carbocycles. The monoisotopic (exact) mass is 347 g/mol. The van der Waals surface area contributed by atoms with Crippen molar-refractivity contribution >= 4 is 17.2 Å². The van der Waals surface area contributed by atoms with Crippen LogP contribution in [0.15, 0.2) is 17.9 Å². The van der Waals surface area contributed by atoms with E-state index in [0.29, 0.717) is 25.4 Å². The Morgan fingerprint density at radius 1 is 1.46 bits per heavy atom. The van der Waals surface area contributed by atoms with Crippen molar-refractivity contribution in [2.24, 2.45) is 7.05 Å². The number of carbonyl (C=O) groups excluding carboxylic acids is 1.